The minimum absolute atomic E-state index is 0.276. The fourth-order valence-electron chi connectivity index (χ4n) is 4.05. The molecule has 15 nitrogen and oxygen atoms in total. The number of benzene rings is 3. The fraction of sp³-hybridized carbons (Fsp3) is 0.241. The van der Waals surface area contributed by atoms with Crippen LogP contribution < -0.4 is 35.6 Å². The molecule has 0 saturated heterocycles. The first-order chi connectivity index (χ1) is 21.3. The maximum absolute atomic E-state index is 13.2. The average molecular weight is 643 g/mol. The molecule has 0 unspecified atom stereocenters. The van der Waals surface area contributed by atoms with Gasteiger partial charge in [-0.2, -0.15) is 0 Å². The molecule has 0 spiro atoms. The number of amides is 5. The van der Waals surface area contributed by atoms with E-state index in [4.69, 9.17) is 9.47 Å². The van der Waals surface area contributed by atoms with Crippen LogP contribution in [0.25, 0.3) is 0 Å². The molecule has 3 aromatic rings. The second-order valence-electron chi connectivity index (χ2n) is 9.68. The lowest BCUT2D eigenvalue weighted by Gasteiger charge is -2.26. The molecule has 6 N–H and O–H groups in total. The van der Waals surface area contributed by atoms with Crippen molar-refractivity contribution in [2.24, 2.45) is 0 Å². The van der Waals surface area contributed by atoms with Crippen LogP contribution in [0.15, 0.2) is 66.7 Å². The van der Waals surface area contributed by atoms with Crippen molar-refractivity contribution in [1.29, 1.82) is 0 Å². The number of nitrogens with zero attached hydrogens (tertiary/aromatic N) is 1. The van der Waals surface area contributed by atoms with Crippen LogP contribution in [0.4, 0.5) is 26.7 Å². The second-order valence-corrected chi connectivity index (χ2v) is 11.4. The van der Waals surface area contributed by atoms with Crippen molar-refractivity contribution in [1.82, 2.24) is 15.2 Å². The Hall–Kier alpha value is -5.35. The lowest BCUT2D eigenvalue weighted by molar-refractivity contribution is -0.137. The lowest BCUT2D eigenvalue weighted by Crippen LogP contribution is -2.53. The van der Waals surface area contributed by atoms with E-state index >= 15 is 0 Å². The predicted molar refractivity (Wildman–Crippen MR) is 167 cm³/mol. The number of hydrogen-bond donors (Lipinski definition) is 6. The lowest BCUT2D eigenvalue weighted by atomic mass is 10.0. The number of carbonyl (C=O) groups excluding carboxylic acids is 3. The number of methoxy groups -OCH3 is 2. The Kier molecular flexibility index (Phi) is 11.7. The molecule has 0 saturated carbocycles. The fourth-order valence-corrected chi connectivity index (χ4v) is 4.60. The van der Waals surface area contributed by atoms with Crippen LogP contribution in [-0.4, -0.2) is 69.5 Å². The number of para-hydroxylation sites is 1. The number of sulfonamides is 1. The topological polar surface area (TPSA) is 204 Å². The molecular weight excluding hydrogens is 608 g/mol. The van der Waals surface area contributed by atoms with Gasteiger partial charge in [-0.15, -0.1) is 4.83 Å². The summed E-state index contributed by atoms with van der Waals surface area (Å²) in [5.41, 5.74) is 2.58. The molecule has 0 bridgehead atoms. The Morgan fingerprint density at radius 2 is 1.49 bits per heavy atom. The van der Waals surface area contributed by atoms with Crippen molar-refractivity contribution in [3.05, 3.63) is 77.9 Å². The highest BCUT2D eigenvalue weighted by Gasteiger charge is 2.26. The Bertz CT molecular complexity index is 1650. The SMILES string of the molecule is COc1ccc([C@H](CC(=O)O)NC(=O)N(CC(=O)Nc2ccc(NC(=O)Nc3ccccc3C)cc2)NS(C)(=O)=O)cc1OC. The number of aliphatic carboxylic acids is 1. The van der Waals surface area contributed by atoms with Crippen LogP contribution in [0.5, 0.6) is 11.5 Å². The highest BCUT2D eigenvalue weighted by Crippen LogP contribution is 2.31. The molecule has 240 valence electrons. The van der Waals surface area contributed by atoms with Gasteiger partial charge in [0.1, 0.15) is 6.54 Å². The van der Waals surface area contributed by atoms with Crippen molar-refractivity contribution in [2.75, 3.05) is 43.0 Å². The van der Waals surface area contributed by atoms with E-state index in [0.717, 1.165) is 11.8 Å². The van der Waals surface area contributed by atoms with Crippen LogP contribution in [0, 0.1) is 6.92 Å². The van der Waals surface area contributed by atoms with E-state index in [2.05, 4.69) is 21.3 Å². The molecule has 1 atom stereocenters. The maximum atomic E-state index is 13.2. The number of hydrazine groups is 1. The molecule has 0 fully saturated rings. The smallest absolute Gasteiger partial charge is 0.333 e. The molecule has 0 radical (unpaired) electrons. The normalized spacial score (nSPS) is 11.5. The van der Waals surface area contributed by atoms with Gasteiger partial charge >= 0.3 is 18.0 Å². The summed E-state index contributed by atoms with van der Waals surface area (Å²) in [6, 6.07) is 15.1. The van der Waals surface area contributed by atoms with Gasteiger partial charge in [-0.1, -0.05) is 24.3 Å². The molecule has 16 heteroatoms. The molecule has 3 rings (SSSR count). The molecule has 3 aromatic carbocycles. The highest BCUT2D eigenvalue weighted by atomic mass is 32.2. The number of anilines is 3. The minimum atomic E-state index is -4.04. The van der Waals surface area contributed by atoms with Crippen LogP contribution in [0.3, 0.4) is 0 Å². The van der Waals surface area contributed by atoms with Gasteiger partial charge in [0.05, 0.1) is 32.9 Å². The third-order valence-corrected chi connectivity index (χ3v) is 6.68. The third-order valence-electron chi connectivity index (χ3n) is 6.13. The molecule has 0 aliphatic heterocycles. The minimum Gasteiger partial charge on any atom is -0.493 e. The summed E-state index contributed by atoms with van der Waals surface area (Å²) < 4.78 is 34.4. The van der Waals surface area contributed by atoms with Crippen LogP contribution in [0.1, 0.15) is 23.6 Å². The van der Waals surface area contributed by atoms with Crippen molar-refractivity contribution in [3.8, 4) is 11.5 Å². The number of urea groups is 2. The van der Waals surface area contributed by atoms with Gasteiger partial charge in [-0.3, -0.25) is 9.59 Å². The van der Waals surface area contributed by atoms with Crippen molar-refractivity contribution >= 4 is 51.0 Å². The standard InChI is InChI=1S/C29H34N6O9S/c1-18-7-5-6-8-22(18)32-28(39)31-21-12-10-20(11-13-21)30-26(36)17-35(34-45(4,41)42)29(40)33-23(16-27(37)38)19-9-14-24(43-2)25(15-19)44-3/h5-15,23,34H,16-17H2,1-4H3,(H,30,36)(H,33,40)(H,37,38)(H2,31,32,39)/t23-/m0/s1. The number of carboxylic acids is 1. The molecule has 0 aromatic heterocycles. The van der Waals surface area contributed by atoms with Gasteiger partial charge in [-0.05, 0) is 60.5 Å². The molecule has 0 aliphatic rings. The molecule has 0 heterocycles. The maximum Gasteiger partial charge on any atom is 0.333 e. The first-order valence-electron chi connectivity index (χ1n) is 13.3. The van der Waals surface area contributed by atoms with Crippen molar-refractivity contribution < 1.29 is 42.2 Å². The number of carboxylic acid groups (broad SMARTS) is 1. The number of ether oxygens (including phenoxy) is 2. The van der Waals surface area contributed by atoms with Crippen molar-refractivity contribution in [3.63, 3.8) is 0 Å². The summed E-state index contributed by atoms with van der Waals surface area (Å²) in [4.78, 5) is 51.9. The van der Waals surface area contributed by atoms with E-state index in [1.807, 2.05) is 23.9 Å². The average Bonchev–Trinajstić information content (AvgIpc) is 2.97. The van der Waals surface area contributed by atoms with E-state index < -0.39 is 53.0 Å². The highest BCUT2D eigenvalue weighted by molar-refractivity contribution is 7.88. The Morgan fingerprint density at radius 1 is 0.867 bits per heavy atom. The number of aryl methyl sites for hydroxylation is 1. The Labute approximate surface area is 259 Å². The van der Waals surface area contributed by atoms with Crippen LogP contribution in [0.2, 0.25) is 0 Å². The van der Waals surface area contributed by atoms with Crippen LogP contribution in [-0.2, 0) is 19.6 Å². The van der Waals surface area contributed by atoms with Gasteiger partial charge in [-0.25, -0.2) is 23.0 Å². The summed E-state index contributed by atoms with van der Waals surface area (Å²) in [5.74, 6) is -1.38. The molecular formula is C29H34N6O9S. The first-order valence-corrected chi connectivity index (χ1v) is 15.2. The summed E-state index contributed by atoms with van der Waals surface area (Å²) in [5, 5.41) is 20.3. The summed E-state index contributed by atoms with van der Waals surface area (Å²) in [7, 11) is -1.23. The summed E-state index contributed by atoms with van der Waals surface area (Å²) in [6.07, 6.45) is 0.221. The van der Waals surface area contributed by atoms with E-state index in [1.165, 1.54) is 56.7 Å². The van der Waals surface area contributed by atoms with Gasteiger partial charge in [0.25, 0.3) is 0 Å². The summed E-state index contributed by atoms with van der Waals surface area (Å²) >= 11 is 0. The number of carbonyl (C=O) groups is 4. The zero-order valence-electron chi connectivity index (χ0n) is 24.9. The van der Waals surface area contributed by atoms with E-state index in [0.29, 0.717) is 33.4 Å². The Balaban J connectivity index is 1.68. The van der Waals surface area contributed by atoms with Gasteiger partial charge < -0.3 is 35.8 Å². The predicted octanol–water partition coefficient (Wildman–Crippen LogP) is 3.29. The van der Waals surface area contributed by atoms with Crippen LogP contribution >= 0.6 is 0 Å². The van der Waals surface area contributed by atoms with E-state index in [-0.39, 0.29) is 5.75 Å². The number of nitrogens with one attached hydrogen (secondary N) is 5. The first kappa shape index (κ1) is 34.1. The zero-order chi connectivity index (χ0) is 33.1. The zero-order valence-corrected chi connectivity index (χ0v) is 25.7. The third kappa shape index (κ3) is 10.7. The quantitative estimate of drug-likeness (QED) is 0.151. The largest absolute Gasteiger partial charge is 0.493 e. The second kappa shape index (κ2) is 15.4. The molecule has 5 amide bonds. The van der Waals surface area contributed by atoms with E-state index in [1.54, 1.807) is 12.1 Å². The molecule has 45 heavy (non-hydrogen) atoms. The number of hydrogen-bond acceptors (Lipinski definition) is 8. The van der Waals surface area contributed by atoms with Gasteiger partial charge in [0.15, 0.2) is 11.5 Å². The van der Waals surface area contributed by atoms with E-state index in [9.17, 15) is 32.7 Å². The van der Waals surface area contributed by atoms with Gasteiger partial charge in [0, 0.05) is 17.1 Å². The monoisotopic (exact) mass is 642 g/mol. The summed E-state index contributed by atoms with van der Waals surface area (Å²) in [6.45, 7) is 1.08. The van der Waals surface area contributed by atoms with Gasteiger partial charge in [0.2, 0.25) is 15.9 Å². The van der Waals surface area contributed by atoms with Crippen molar-refractivity contribution in [2.45, 2.75) is 19.4 Å². The molecule has 0 aliphatic carbocycles. The Morgan fingerprint density at radius 3 is 2.07 bits per heavy atom. The number of rotatable bonds is 13.